The van der Waals surface area contributed by atoms with Crippen LogP contribution in [0.2, 0.25) is 0 Å². The van der Waals surface area contributed by atoms with Gasteiger partial charge in [-0.2, -0.15) is 23.4 Å². The molecule has 13 nitrogen and oxygen atoms in total. The zero-order valence-corrected chi connectivity index (χ0v) is 27.6. The minimum atomic E-state index is -4.33. The average Bonchev–Trinajstić information content (AvgIpc) is 3.89. The molecule has 6 aromatic rings. The Hall–Kier alpha value is -6.91. The molecule has 0 bridgehead atoms. The number of terminal acetylenes is 2. The first-order chi connectivity index (χ1) is 25.5. The molecule has 0 amide bonds. The van der Waals surface area contributed by atoms with Crippen molar-refractivity contribution in [2.75, 3.05) is 23.8 Å². The monoisotopic (exact) mass is 722 g/mol. The normalized spacial score (nSPS) is 13.9. The topological polar surface area (TPSA) is 169 Å². The first-order valence-corrected chi connectivity index (χ1v) is 15.9. The number of nitrogens with one attached hydrogen (secondary N) is 2. The van der Waals surface area contributed by atoms with E-state index in [0.717, 1.165) is 22.9 Å². The summed E-state index contributed by atoms with van der Waals surface area (Å²) in [6.45, 7) is 0.916. The lowest BCUT2D eigenvalue weighted by atomic mass is 10.1. The first kappa shape index (κ1) is 35.9. The molecule has 1 aliphatic rings. The number of benzene rings is 2. The number of halogens is 3. The summed E-state index contributed by atoms with van der Waals surface area (Å²) in [5.74, 6) is 3.60. The third kappa shape index (κ3) is 8.03. The second kappa shape index (κ2) is 15.1. The number of pyridine rings is 2. The highest BCUT2D eigenvalue weighted by molar-refractivity contribution is 5.99. The second-order valence-electron chi connectivity index (χ2n) is 11.7. The molecular weight excluding hydrogens is 693 g/mol. The Labute approximate surface area is 299 Å². The van der Waals surface area contributed by atoms with Gasteiger partial charge in [0.2, 0.25) is 0 Å². The summed E-state index contributed by atoms with van der Waals surface area (Å²) in [6.07, 6.45) is 12.0. The van der Waals surface area contributed by atoms with E-state index in [1.807, 2.05) is 22.9 Å². The van der Waals surface area contributed by atoms with Crippen LogP contribution in [-0.2, 0) is 11.3 Å². The molecule has 7 rings (SSSR count). The van der Waals surface area contributed by atoms with Gasteiger partial charge in [0.1, 0.15) is 0 Å². The number of hydrogen-bond acceptors (Lipinski definition) is 9. The van der Waals surface area contributed by atoms with Crippen molar-refractivity contribution in [1.29, 1.82) is 0 Å². The number of alkyl halides is 3. The van der Waals surface area contributed by atoms with E-state index in [1.54, 1.807) is 18.2 Å². The Kier molecular flexibility index (Phi) is 10.3. The molecule has 53 heavy (non-hydrogen) atoms. The molecular formula is C37H29F3N8O5. The van der Waals surface area contributed by atoms with Crippen LogP contribution in [0.1, 0.15) is 50.7 Å². The minimum absolute atomic E-state index is 0.0453. The van der Waals surface area contributed by atoms with E-state index in [-0.39, 0.29) is 35.2 Å². The van der Waals surface area contributed by atoms with E-state index in [0.29, 0.717) is 41.2 Å². The molecule has 5 heterocycles. The maximum absolute atomic E-state index is 12.6. The zero-order valence-electron chi connectivity index (χ0n) is 27.6. The van der Waals surface area contributed by atoms with Crippen LogP contribution in [0, 0.1) is 24.7 Å². The van der Waals surface area contributed by atoms with Crippen LogP contribution < -0.4 is 10.6 Å². The molecule has 1 aliphatic heterocycles. The summed E-state index contributed by atoms with van der Waals surface area (Å²) < 4.78 is 46.4. The molecule has 4 aromatic heterocycles. The fourth-order valence-corrected chi connectivity index (χ4v) is 5.70. The van der Waals surface area contributed by atoms with Gasteiger partial charge in [0.05, 0.1) is 71.5 Å². The van der Waals surface area contributed by atoms with Crippen LogP contribution in [-0.4, -0.2) is 71.1 Å². The van der Waals surface area contributed by atoms with Crippen molar-refractivity contribution < 1.29 is 37.7 Å². The lowest BCUT2D eigenvalue weighted by Gasteiger charge is -2.09. The Bertz CT molecular complexity index is 2420. The standard InChI is InChI=1S/C19H16N4O3.C18H13F3N4O2/c1-2-12-3-4-17-15(9-12)18(22-23(17)13-6-8-26-11-13)21-16-10-20-7-5-14(16)19(24)25;1-2-11-3-4-15-13(9-11)16(24-25(15)8-6-18(19,20)21)23-14-10-22-7-5-12(14)17(26)27/h1,3-5,7,9-10,13H,6,8,11H2,(H,21,22)(H,24,25);1,3-5,7,9-10H,6,8H2,(H,23,24)(H,26,27). The van der Waals surface area contributed by atoms with E-state index >= 15 is 0 Å². The van der Waals surface area contributed by atoms with E-state index in [9.17, 15) is 33.0 Å². The third-order valence-corrected chi connectivity index (χ3v) is 8.26. The van der Waals surface area contributed by atoms with Crippen molar-refractivity contribution in [3.8, 4) is 24.7 Å². The number of hydrogen-bond donors (Lipinski definition) is 4. The lowest BCUT2D eigenvalue weighted by molar-refractivity contribution is -0.137. The maximum Gasteiger partial charge on any atom is 0.390 e. The Morgan fingerprint density at radius 3 is 1.91 bits per heavy atom. The van der Waals surface area contributed by atoms with Crippen LogP contribution in [0.3, 0.4) is 0 Å². The van der Waals surface area contributed by atoms with Crippen molar-refractivity contribution in [3.63, 3.8) is 0 Å². The van der Waals surface area contributed by atoms with Gasteiger partial charge in [-0.3, -0.25) is 19.3 Å². The largest absolute Gasteiger partial charge is 0.478 e. The van der Waals surface area contributed by atoms with Crippen molar-refractivity contribution >= 4 is 56.8 Å². The molecule has 16 heteroatoms. The summed E-state index contributed by atoms with van der Waals surface area (Å²) in [5.41, 5.74) is 3.23. The SMILES string of the molecule is C#Cc1ccc2c(c1)c(Nc1cnccc1C(=O)O)nn2C1CCOC1.C#Cc1ccc2c(c1)c(Nc1cnccc1C(=O)O)nn2CCC(F)(F)F. The van der Waals surface area contributed by atoms with Gasteiger partial charge in [0.15, 0.2) is 11.6 Å². The van der Waals surface area contributed by atoms with Gasteiger partial charge in [-0.15, -0.1) is 12.8 Å². The second-order valence-corrected chi connectivity index (χ2v) is 11.7. The highest BCUT2D eigenvalue weighted by Crippen LogP contribution is 2.33. The maximum atomic E-state index is 12.6. The molecule has 2 aromatic carbocycles. The number of carboxylic acid groups (broad SMARTS) is 2. The molecule has 4 N–H and O–H groups in total. The van der Waals surface area contributed by atoms with Gasteiger partial charge >= 0.3 is 18.1 Å². The molecule has 0 saturated carbocycles. The number of aryl methyl sites for hydroxylation is 1. The highest BCUT2D eigenvalue weighted by Gasteiger charge is 2.28. The van der Waals surface area contributed by atoms with Crippen LogP contribution in [0.25, 0.3) is 21.8 Å². The Morgan fingerprint density at radius 2 is 1.40 bits per heavy atom. The number of carboxylic acids is 2. The fourth-order valence-electron chi connectivity index (χ4n) is 5.70. The molecule has 268 valence electrons. The minimum Gasteiger partial charge on any atom is -0.478 e. The fraction of sp³-hybridized carbons (Fsp3) is 0.189. The summed E-state index contributed by atoms with van der Waals surface area (Å²) in [7, 11) is 0. The average molecular weight is 723 g/mol. The van der Waals surface area contributed by atoms with Crippen molar-refractivity contribution in [2.45, 2.75) is 31.6 Å². The Morgan fingerprint density at radius 1 is 0.849 bits per heavy atom. The molecule has 1 fully saturated rings. The number of fused-ring (bicyclic) bond motifs is 2. The first-order valence-electron chi connectivity index (χ1n) is 15.9. The Balaban J connectivity index is 0.000000181. The zero-order chi connectivity index (χ0) is 37.7. The number of aromatic nitrogens is 6. The van der Waals surface area contributed by atoms with E-state index in [4.69, 9.17) is 17.6 Å². The van der Waals surface area contributed by atoms with Gasteiger partial charge < -0.3 is 25.6 Å². The molecule has 0 spiro atoms. The van der Waals surface area contributed by atoms with Gasteiger partial charge in [0.25, 0.3) is 0 Å². The van der Waals surface area contributed by atoms with Crippen LogP contribution in [0.4, 0.5) is 36.2 Å². The molecule has 1 atom stereocenters. The van der Waals surface area contributed by atoms with Crippen LogP contribution in [0.5, 0.6) is 0 Å². The van der Waals surface area contributed by atoms with Crippen molar-refractivity contribution in [2.24, 2.45) is 0 Å². The van der Waals surface area contributed by atoms with Crippen molar-refractivity contribution in [3.05, 3.63) is 95.6 Å². The van der Waals surface area contributed by atoms with Gasteiger partial charge in [-0.25, -0.2) is 9.59 Å². The third-order valence-electron chi connectivity index (χ3n) is 8.26. The molecule has 0 aliphatic carbocycles. The quantitative estimate of drug-likeness (QED) is 0.118. The number of ether oxygens (including phenoxy) is 1. The van der Waals surface area contributed by atoms with E-state index in [1.165, 1.54) is 41.6 Å². The van der Waals surface area contributed by atoms with Crippen molar-refractivity contribution in [1.82, 2.24) is 29.5 Å². The van der Waals surface area contributed by atoms with E-state index < -0.39 is 24.5 Å². The lowest BCUT2D eigenvalue weighted by Crippen LogP contribution is -2.13. The van der Waals surface area contributed by atoms with Crippen LogP contribution >= 0.6 is 0 Å². The summed E-state index contributed by atoms with van der Waals surface area (Å²) in [6, 6.07) is 13.3. The molecule has 1 unspecified atom stereocenters. The van der Waals surface area contributed by atoms with Gasteiger partial charge in [-0.1, -0.05) is 11.8 Å². The summed E-state index contributed by atoms with van der Waals surface area (Å²) >= 11 is 0. The number of aromatic carboxylic acids is 2. The number of carbonyl (C=O) groups is 2. The summed E-state index contributed by atoms with van der Waals surface area (Å²) in [4.78, 5) is 30.7. The molecule has 0 radical (unpaired) electrons. The number of rotatable bonds is 9. The van der Waals surface area contributed by atoms with Gasteiger partial charge in [-0.05, 0) is 55.0 Å². The van der Waals surface area contributed by atoms with Gasteiger partial charge in [0, 0.05) is 40.9 Å². The van der Waals surface area contributed by atoms with Crippen LogP contribution in [0.15, 0.2) is 73.3 Å². The predicted octanol–water partition coefficient (Wildman–Crippen LogP) is 6.62. The number of nitrogens with zero attached hydrogens (tertiary/aromatic N) is 6. The smallest absolute Gasteiger partial charge is 0.390 e. The van der Waals surface area contributed by atoms with E-state index in [2.05, 4.69) is 42.6 Å². The highest BCUT2D eigenvalue weighted by atomic mass is 19.4. The predicted molar refractivity (Wildman–Crippen MR) is 189 cm³/mol. The summed E-state index contributed by atoms with van der Waals surface area (Å²) in [5, 5.41) is 34.8. The number of anilines is 4. The molecule has 1 saturated heterocycles.